The minimum Gasteiger partial charge on any atom is -0.396 e. The molecule has 0 saturated carbocycles. The molecule has 3 N–H and O–H groups in total. The van der Waals surface area contributed by atoms with Crippen molar-refractivity contribution in [2.75, 3.05) is 25.0 Å². The number of nitrogens with one attached hydrogen (secondary N) is 1. The van der Waals surface area contributed by atoms with E-state index in [9.17, 15) is 19.8 Å². The van der Waals surface area contributed by atoms with Crippen molar-refractivity contribution < 1.29 is 19.8 Å². The number of fused-ring (bicyclic) bond motifs is 1. The van der Waals surface area contributed by atoms with Crippen LogP contribution in [-0.2, 0) is 22.4 Å². The number of carbonyl (C=O) groups is 2. The lowest BCUT2D eigenvalue weighted by Gasteiger charge is -2.45. The number of nitrogens with zero attached hydrogens (tertiary/aromatic N) is 1. The highest BCUT2D eigenvalue weighted by Crippen LogP contribution is 2.35. The van der Waals surface area contributed by atoms with Gasteiger partial charge in [-0.05, 0) is 55.4 Å². The van der Waals surface area contributed by atoms with Gasteiger partial charge < -0.3 is 20.4 Å². The quantitative estimate of drug-likeness (QED) is 0.668. The first kappa shape index (κ1) is 20.8. The summed E-state index contributed by atoms with van der Waals surface area (Å²) >= 11 is 0. The number of amides is 2. The number of hydrogen-bond acceptors (Lipinski definition) is 4. The highest BCUT2D eigenvalue weighted by molar-refractivity contribution is 5.93. The van der Waals surface area contributed by atoms with Crippen molar-refractivity contribution in [1.29, 1.82) is 0 Å². The van der Waals surface area contributed by atoms with Gasteiger partial charge in [0.1, 0.15) is 0 Å². The van der Waals surface area contributed by atoms with Gasteiger partial charge in [-0.2, -0.15) is 0 Å². The van der Waals surface area contributed by atoms with Crippen LogP contribution in [0.5, 0.6) is 0 Å². The summed E-state index contributed by atoms with van der Waals surface area (Å²) in [5.41, 5.74) is 2.81. The molecule has 28 heavy (non-hydrogen) atoms. The third kappa shape index (κ3) is 4.55. The van der Waals surface area contributed by atoms with Crippen molar-refractivity contribution in [3.05, 3.63) is 29.3 Å². The molecule has 6 nitrogen and oxygen atoms in total. The van der Waals surface area contributed by atoms with E-state index in [1.807, 2.05) is 19.1 Å². The Labute approximate surface area is 166 Å². The summed E-state index contributed by atoms with van der Waals surface area (Å²) in [6, 6.07) is 6.04. The maximum Gasteiger partial charge on any atom is 0.224 e. The van der Waals surface area contributed by atoms with Crippen LogP contribution in [0.3, 0.4) is 0 Å². The molecule has 3 rings (SSSR count). The smallest absolute Gasteiger partial charge is 0.224 e. The van der Waals surface area contributed by atoms with E-state index in [2.05, 4.69) is 11.4 Å². The van der Waals surface area contributed by atoms with Crippen molar-refractivity contribution in [3.63, 3.8) is 0 Å². The largest absolute Gasteiger partial charge is 0.396 e. The van der Waals surface area contributed by atoms with Crippen LogP contribution in [-0.4, -0.2) is 52.7 Å². The molecule has 1 aromatic rings. The number of piperidine rings is 1. The average molecular weight is 389 g/mol. The molecular weight excluding hydrogens is 356 g/mol. The van der Waals surface area contributed by atoms with E-state index in [1.54, 1.807) is 4.90 Å². The molecule has 1 fully saturated rings. The van der Waals surface area contributed by atoms with Gasteiger partial charge in [-0.15, -0.1) is 0 Å². The molecule has 1 aromatic carbocycles. The Morgan fingerprint density at radius 2 is 2.04 bits per heavy atom. The molecule has 1 aliphatic carbocycles. The highest BCUT2D eigenvalue weighted by atomic mass is 16.3. The molecule has 0 spiro atoms. The van der Waals surface area contributed by atoms with Crippen LogP contribution >= 0.6 is 0 Å². The van der Waals surface area contributed by atoms with Crippen molar-refractivity contribution in [2.24, 2.45) is 5.41 Å². The number of carbonyl (C=O) groups excluding carboxylic acids is 2. The van der Waals surface area contributed by atoms with Crippen molar-refractivity contribution in [1.82, 2.24) is 4.90 Å². The van der Waals surface area contributed by atoms with E-state index in [0.717, 1.165) is 24.9 Å². The van der Waals surface area contributed by atoms with E-state index in [1.165, 1.54) is 17.5 Å². The van der Waals surface area contributed by atoms with Crippen molar-refractivity contribution in [2.45, 2.75) is 64.4 Å². The fourth-order valence-corrected chi connectivity index (χ4v) is 4.59. The molecule has 6 heteroatoms. The molecule has 0 radical (unpaired) electrons. The second kappa shape index (κ2) is 9.05. The van der Waals surface area contributed by atoms with Gasteiger partial charge in [0.05, 0.1) is 12.7 Å². The predicted molar refractivity (Wildman–Crippen MR) is 108 cm³/mol. The summed E-state index contributed by atoms with van der Waals surface area (Å²) in [5.74, 6) is -0.254. The zero-order chi connectivity index (χ0) is 20.1. The normalized spacial score (nSPS) is 24.1. The Morgan fingerprint density at radius 1 is 1.25 bits per heavy atom. The molecule has 0 bridgehead atoms. The number of aryl methyl sites for hydroxylation is 2. The molecule has 2 aliphatic rings. The Morgan fingerprint density at radius 3 is 2.79 bits per heavy atom. The Hall–Kier alpha value is -1.92. The Kier molecular flexibility index (Phi) is 6.73. The molecule has 0 aromatic heterocycles. The third-order valence-corrected chi connectivity index (χ3v) is 6.25. The van der Waals surface area contributed by atoms with Crippen LogP contribution in [0, 0.1) is 5.41 Å². The zero-order valence-electron chi connectivity index (χ0n) is 16.7. The van der Waals surface area contributed by atoms with Crippen LogP contribution in [0.2, 0.25) is 0 Å². The lowest BCUT2D eigenvalue weighted by Crippen LogP contribution is -2.55. The first-order valence-electron chi connectivity index (χ1n) is 10.5. The van der Waals surface area contributed by atoms with E-state index < -0.39 is 11.5 Å². The number of anilines is 1. The Balaban J connectivity index is 1.51. The fourth-order valence-electron chi connectivity index (χ4n) is 4.59. The van der Waals surface area contributed by atoms with Gasteiger partial charge in [-0.25, -0.2) is 0 Å². The van der Waals surface area contributed by atoms with Gasteiger partial charge in [0, 0.05) is 37.0 Å². The minimum absolute atomic E-state index is 0.0927. The summed E-state index contributed by atoms with van der Waals surface area (Å²) in [4.78, 5) is 26.6. The van der Waals surface area contributed by atoms with Crippen molar-refractivity contribution in [3.8, 4) is 0 Å². The average Bonchev–Trinajstić information content (AvgIpc) is 3.16. The zero-order valence-corrected chi connectivity index (χ0v) is 16.7. The van der Waals surface area contributed by atoms with Crippen LogP contribution in [0.1, 0.15) is 56.6 Å². The summed E-state index contributed by atoms with van der Waals surface area (Å²) < 4.78 is 0. The van der Waals surface area contributed by atoms with Gasteiger partial charge >= 0.3 is 0 Å². The number of hydrogen-bond donors (Lipinski definition) is 3. The summed E-state index contributed by atoms with van der Waals surface area (Å²) in [7, 11) is 0. The molecule has 2 amide bonds. The standard InChI is InChI=1S/C22H32N2O4/c1-2-11-22(15-25)14-24(12-10-19(22)26)21(28)9-8-20(27)23-18-7-6-16-4-3-5-17(16)13-18/h6-7,13,19,25-26H,2-5,8-12,14-15H2,1H3,(H,23,27)/t19-,22-/m1/s1. The molecule has 154 valence electrons. The van der Waals surface area contributed by atoms with Crippen LogP contribution in [0.25, 0.3) is 0 Å². The topological polar surface area (TPSA) is 89.9 Å². The highest BCUT2D eigenvalue weighted by Gasteiger charge is 2.42. The van der Waals surface area contributed by atoms with Crippen LogP contribution < -0.4 is 5.32 Å². The van der Waals surface area contributed by atoms with Crippen LogP contribution in [0.15, 0.2) is 18.2 Å². The predicted octanol–water partition coefficient (Wildman–Crippen LogP) is 2.27. The van der Waals surface area contributed by atoms with Gasteiger partial charge in [0.2, 0.25) is 11.8 Å². The van der Waals surface area contributed by atoms with Gasteiger partial charge in [0.25, 0.3) is 0 Å². The van der Waals surface area contributed by atoms with Gasteiger partial charge in [-0.3, -0.25) is 9.59 Å². The maximum absolute atomic E-state index is 12.6. The van der Waals surface area contributed by atoms with E-state index in [0.29, 0.717) is 25.9 Å². The first-order chi connectivity index (χ1) is 13.5. The maximum atomic E-state index is 12.6. The molecule has 1 saturated heterocycles. The van der Waals surface area contributed by atoms with E-state index >= 15 is 0 Å². The van der Waals surface area contributed by atoms with E-state index in [4.69, 9.17) is 0 Å². The number of benzene rings is 1. The second-order valence-corrected chi connectivity index (χ2v) is 8.28. The lowest BCUT2D eigenvalue weighted by molar-refractivity contribution is -0.143. The number of rotatable bonds is 7. The first-order valence-corrected chi connectivity index (χ1v) is 10.5. The monoisotopic (exact) mass is 388 g/mol. The minimum atomic E-state index is -0.644. The van der Waals surface area contributed by atoms with E-state index in [-0.39, 0.29) is 31.3 Å². The number of likely N-dealkylation sites (tertiary alicyclic amines) is 1. The van der Waals surface area contributed by atoms with Gasteiger partial charge in [-0.1, -0.05) is 19.4 Å². The molecule has 0 unspecified atom stereocenters. The SMILES string of the molecule is CCC[C@]1(CO)CN(C(=O)CCC(=O)Nc2ccc3c(c2)CCC3)CC[C@H]1O. The third-order valence-electron chi connectivity index (χ3n) is 6.25. The second-order valence-electron chi connectivity index (χ2n) is 8.28. The Bertz CT molecular complexity index is 720. The number of aliphatic hydroxyl groups is 2. The molecule has 1 heterocycles. The molecular formula is C22H32N2O4. The fraction of sp³-hybridized carbons (Fsp3) is 0.636. The summed E-state index contributed by atoms with van der Waals surface area (Å²) in [6.07, 6.45) is 4.99. The molecule has 2 atom stereocenters. The van der Waals surface area contributed by atoms with Crippen molar-refractivity contribution >= 4 is 17.5 Å². The molecule has 1 aliphatic heterocycles. The lowest BCUT2D eigenvalue weighted by atomic mass is 9.74. The van der Waals surface area contributed by atoms with Gasteiger partial charge in [0.15, 0.2) is 0 Å². The number of aliphatic hydroxyl groups excluding tert-OH is 2. The summed E-state index contributed by atoms with van der Waals surface area (Å²) in [5, 5.41) is 23.1. The van der Waals surface area contributed by atoms with Crippen LogP contribution in [0.4, 0.5) is 5.69 Å². The summed E-state index contributed by atoms with van der Waals surface area (Å²) in [6.45, 7) is 2.69.